The molecule has 1 aliphatic rings. The molecule has 2 aromatic rings. The lowest BCUT2D eigenvalue weighted by Crippen LogP contribution is -2.28. The van der Waals surface area contributed by atoms with Gasteiger partial charge in [0.1, 0.15) is 0 Å². The van der Waals surface area contributed by atoms with E-state index in [-0.39, 0.29) is 0 Å². The van der Waals surface area contributed by atoms with Crippen LogP contribution in [-0.4, -0.2) is 22.6 Å². The predicted molar refractivity (Wildman–Crippen MR) is 74.5 cm³/mol. The van der Waals surface area contributed by atoms with Gasteiger partial charge in [0, 0.05) is 12.6 Å². The summed E-state index contributed by atoms with van der Waals surface area (Å²) < 4.78 is 0. The Balaban J connectivity index is 2.09. The Bertz CT molecular complexity index is 581. The molecule has 1 aromatic carbocycles. The first kappa shape index (κ1) is 11.3. The molecule has 2 heterocycles. The third-order valence-corrected chi connectivity index (χ3v) is 3.63. The van der Waals surface area contributed by atoms with E-state index in [9.17, 15) is 0 Å². The molecule has 0 radical (unpaired) electrons. The van der Waals surface area contributed by atoms with E-state index in [1.165, 1.54) is 6.42 Å². The molecule has 94 valence electrons. The van der Waals surface area contributed by atoms with Crippen LogP contribution >= 0.6 is 0 Å². The van der Waals surface area contributed by atoms with Crippen LogP contribution in [0.4, 0.5) is 11.6 Å². The van der Waals surface area contributed by atoms with Crippen molar-refractivity contribution in [3.05, 3.63) is 24.3 Å². The van der Waals surface area contributed by atoms with Crippen LogP contribution in [-0.2, 0) is 0 Å². The summed E-state index contributed by atoms with van der Waals surface area (Å²) in [5, 5.41) is 0. The number of para-hydroxylation sites is 2. The van der Waals surface area contributed by atoms with E-state index in [1.807, 2.05) is 24.3 Å². The van der Waals surface area contributed by atoms with Crippen LogP contribution in [0.2, 0.25) is 0 Å². The van der Waals surface area contributed by atoms with Crippen LogP contribution in [0.15, 0.2) is 24.3 Å². The maximum Gasteiger partial charge on any atom is 0.172 e. The molecule has 1 saturated heterocycles. The summed E-state index contributed by atoms with van der Waals surface area (Å²) in [5.41, 5.74) is 7.83. The van der Waals surface area contributed by atoms with E-state index < -0.39 is 0 Å². The zero-order valence-electron chi connectivity index (χ0n) is 10.8. The van der Waals surface area contributed by atoms with Crippen LogP contribution in [0.1, 0.15) is 20.3 Å². The summed E-state index contributed by atoms with van der Waals surface area (Å²) in [6.45, 7) is 5.50. The number of nitrogens with two attached hydrogens (primary N) is 1. The average molecular weight is 242 g/mol. The third-order valence-electron chi connectivity index (χ3n) is 3.63. The lowest BCUT2D eigenvalue weighted by molar-refractivity contribution is 0.625. The summed E-state index contributed by atoms with van der Waals surface area (Å²) in [5.74, 6) is 2.06. The van der Waals surface area contributed by atoms with Crippen molar-refractivity contribution in [3.8, 4) is 0 Å². The molecule has 0 amide bonds. The van der Waals surface area contributed by atoms with Crippen molar-refractivity contribution in [2.24, 2.45) is 5.92 Å². The summed E-state index contributed by atoms with van der Waals surface area (Å²) in [4.78, 5) is 11.4. The SMILES string of the molecule is CC1CC(C)N(c2nc3ccccc3nc2N)C1. The molecule has 2 unspecified atom stereocenters. The summed E-state index contributed by atoms with van der Waals surface area (Å²) in [6.07, 6.45) is 1.19. The first-order valence-corrected chi connectivity index (χ1v) is 6.44. The lowest BCUT2D eigenvalue weighted by atomic mass is 10.1. The van der Waals surface area contributed by atoms with Gasteiger partial charge in [-0.1, -0.05) is 19.1 Å². The molecule has 0 saturated carbocycles. The third kappa shape index (κ3) is 1.78. The Morgan fingerprint density at radius 1 is 1.17 bits per heavy atom. The number of nitrogens with zero attached hydrogens (tertiary/aromatic N) is 3. The van der Waals surface area contributed by atoms with E-state index in [0.29, 0.717) is 17.8 Å². The van der Waals surface area contributed by atoms with E-state index >= 15 is 0 Å². The molecule has 2 N–H and O–H groups in total. The zero-order valence-corrected chi connectivity index (χ0v) is 10.8. The minimum absolute atomic E-state index is 0.484. The van der Waals surface area contributed by atoms with E-state index in [4.69, 9.17) is 5.73 Å². The fourth-order valence-corrected chi connectivity index (χ4v) is 2.81. The van der Waals surface area contributed by atoms with E-state index in [2.05, 4.69) is 28.7 Å². The monoisotopic (exact) mass is 242 g/mol. The molecule has 3 rings (SSSR count). The maximum atomic E-state index is 6.06. The molecule has 2 atom stereocenters. The smallest absolute Gasteiger partial charge is 0.172 e. The number of nitrogen functional groups attached to an aromatic ring is 1. The van der Waals surface area contributed by atoms with Gasteiger partial charge in [-0.3, -0.25) is 0 Å². The highest BCUT2D eigenvalue weighted by Crippen LogP contribution is 2.31. The van der Waals surface area contributed by atoms with Gasteiger partial charge < -0.3 is 10.6 Å². The van der Waals surface area contributed by atoms with Crippen LogP contribution < -0.4 is 10.6 Å². The van der Waals surface area contributed by atoms with E-state index in [1.54, 1.807) is 0 Å². The molecule has 1 aromatic heterocycles. The van der Waals surface area contributed by atoms with Gasteiger partial charge >= 0.3 is 0 Å². The number of hydrogen-bond acceptors (Lipinski definition) is 4. The first-order valence-electron chi connectivity index (χ1n) is 6.44. The molecule has 18 heavy (non-hydrogen) atoms. The molecular weight excluding hydrogens is 224 g/mol. The van der Waals surface area contributed by atoms with Gasteiger partial charge in [0.2, 0.25) is 0 Å². The normalized spacial score (nSPS) is 23.8. The quantitative estimate of drug-likeness (QED) is 0.834. The molecule has 0 spiro atoms. The minimum atomic E-state index is 0.484. The standard InChI is InChI=1S/C14H18N4/c1-9-7-10(2)18(8-9)14-13(15)16-11-5-3-4-6-12(11)17-14/h3-6,9-10H,7-8H2,1-2H3,(H2,15,16). The first-order chi connectivity index (χ1) is 8.65. The van der Waals surface area contributed by atoms with Gasteiger partial charge in [0.15, 0.2) is 11.6 Å². The number of fused-ring (bicyclic) bond motifs is 1. The summed E-state index contributed by atoms with van der Waals surface area (Å²) >= 11 is 0. The van der Waals surface area contributed by atoms with Crippen LogP contribution in [0.25, 0.3) is 11.0 Å². The largest absolute Gasteiger partial charge is 0.381 e. The van der Waals surface area contributed by atoms with Gasteiger partial charge in [0.25, 0.3) is 0 Å². The summed E-state index contributed by atoms with van der Waals surface area (Å²) in [7, 11) is 0. The Hall–Kier alpha value is -1.84. The van der Waals surface area contributed by atoms with Crippen molar-refractivity contribution in [1.29, 1.82) is 0 Å². The van der Waals surface area contributed by atoms with Gasteiger partial charge in [-0.25, -0.2) is 9.97 Å². The Labute approximate surface area is 107 Å². The van der Waals surface area contributed by atoms with Crippen molar-refractivity contribution >= 4 is 22.7 Å². The number of rotatable bonds is 1. The van der Waals surface area contributed by atoms with Gasteiger partial charge in [-0.2, -0.15) is 0 Å². The van der Waals surface area contributed by atoms with Gasteiger partial charge in [-0.15, -0.1) is 0 Å². The van der Waals surface area contributed by atoms with E-state index in [0.717, 1.165) is 23.4 Å². The summed E-state index contributed by atoms with van der Waals surface area (Å²) in [6, 6.07) is 8.34. The van der Waals surface area contributed by atoms with Crippen LogP contribution in [0.3, 0.4) is 0 Å². The molecule has 4 nitrogen and oxygen atoms in total. The average Bonchev–Trinajstić information content (AvgIpc) is 2.67. The highest BCUT2D eigenvalue weighted by Gasteiger charge is 2.28. The van der Waals surface area contributed by atoms with Gasteiger partial charge in [0.05, 0.1) is 11.0 Å². The molecule has 4 heteroatoms. The highest BCUT2D eigenvalue weighted by molar-refractivity contribution is 5.79. The fraction of sp³-hybridized carbons (Fsp3) is 0.429. The number of anilines is 2. The number of benzene rings is 1. The maximum absolute atomic E-state index is 6.06. The van der Waals surface area contributed by atoms with Crippen molar-refractivity contribution in [2.45, 2.75) is 26.3 Å². The second kappa shape index (κ2) is 4.12. The second-order valence-corrected chi connectivity index (χ2v) is 5.26. The molecule has 0 aliphatic carbocycles. The van der Waals surface area contributed by atoms with Gasteiger partial charge in [-0.05, 0) is 31.4 Å². The Morgan fingerprint density at radius 3 is 2.44 bits per heavy atom. The lowest BCUT2D eigenvalue weighted by Gasteiger charge is -2.23. The predicted octanol–water partition coefficient (Wildman–Crippen LogP) is 2.45. The molecular formula is C14H18N4. The zero-order chi connectivity index (χ0) is 12.7. The topological polar surface area (TPSA) is 55.0 Å². The van der Waals surface area contributed by atoms with Crippen LogP contribution in [0, 0.1) is 5.92 Å². The molecule has 1 fully saturated rings. The minimum Gasteiger partial charge on any atom is -0.381 e. The molecule has 0 bridgehead atoms. The number of hydrogen-bond donors (Lipinski definition) is 1. The fourth-order valence-electron chi connectivity index (χ4n) is 2.81. The van der Waals surface area contributed by atoms with Crippen molar-refractivity contribution in [2.75, 3.05) is 17.2 Å². The Kier molecular flexibility index (Phi) is 2.58. The number of aromatic nitrogens is 2. The second-order valence-electron chi connectivity index (χ2n) is 5.26. The highest BCUT2D eigenvalue weighted by atomic mass is 15.3. The van der Waals surface area contributed by atoms with Crippen molar-refractivity contribution < 1.29 is 0 Å². The van der Waals surface area contributed by atoms with Crippen molar-refractivity contribution in [3.63, 3.8) is 0 Å². The van der Waals surface area contributed by atoms with Crippen LogP contribution in [0.5, 0.6) is 0 Å². The molecule has 1 aliphatic heterocycles. The Morgan fingerprint density at radius 2 is 1.83 bits per heavy atom. The van der Waals surface area contributed by atoms with Crippen molar-refractivity contribution in [1.82, 2.24) is 9.97 Å².